The van der Waals surface area contributed by atoms with Crippen molar-refractivity contribution in [2.24, 2.45) is 0 Å². The van der Waals surface area contributed by atoms with E-state index in [4.69, 9.17) is 11.6 Å². The number of aryl methyl sites for hydroxylation is 1. The third-order valence-corrected chi connectivity index (χ3v) is 6.20. The van der Waals surface area contributed by atoms with Gasteiger partial charge in [-0.25, -0.2) is 8.42 Å². The summed E-state index contributed by atoms with van der Waals surface area (Å²) in [6.45, 7) is 4.37. The van der Waals surface area contributed by atoms with Crippen molar-refractivity contribution in [2.45, 2.75) is 11.8 Å². The van der Waals surface area contributed by atoms with E-state index < -0.39 is 10.0 Å². The van der Waals surface area contributed by atoms with Crippen molar-refractivity contribution in [2.75, 3.05) is 31.1 Å². The first-order chi connectivity index (χ1) is 11.0. The van der Waals surface area contributed by atoms with Crippen LogP contribution in [0.5, 0.6) is 0 Å². The smallest absolute Gasteiger partial charge is 0.243 e. The first-order valence-corrected chi connectivity index (χ1v) is 9.36. The van der Waals surface area contributed by atoms with E-state index in [0.29, 0.717) is 31.2 Å². The standard InChI is InChI=1S/C17H19ClN2O2S/c1-14-5-7-16(8-6-14)19-9-11-20(12-10-19)23(21,22)17-4-2-3-15(18)13-17/h2-8,13H,9-12H2,1H3. The number of hydrogen-bond donors (Lipinski definition) is 0. The van der Waals surface area contributed by atoms with E-state index in [1.807, 2.05) is 0 Å². The number of halogens is 1. The van der Waals surface area contributed by atoms with E-state index in [9.17, 15) is 8.42 Å². The summed E-state index contributed by atoms with van der Waals surface area (Å²) in [5.41, 5.74) is 2.35. The van der Waals surface area contributed by atoms with Crippen molar-refractivity contribution in [3.63, 3.8) is 0 Å². The molecule has 0 bridgehead atoms. The summed E-state index contributed by atoms with van der Waals surface area (Å²) >= 11 is 5.91. The van der Waals surface area contributed by atoms with Crippen molar-refractivity contribution in [3.05, 3.63) is 59.1 Å². The normalized spacial score (nSPS) is 16.5. The Bertz CT molecular complexity index is 782. The van der Waals surface area contributed by atoms with Crippen LogP contribution in [0.3, 0.4) is 0 Å². The molecule has 0 amide bonds. The number of benzene rings is 2. The van der Waals surface area contributed by atoms with E-state index in [-0.39, 0.29) is 4.90 Å². The number of anilines is 1. The van der Waals surface area contributed by atoms with Crippen LogP contribution in [0.4, 0.5) is 5.69 Å². The van der Waals surface area contributed by atoms with Gasteiger partial charge >= 0.3 is 0 Å². The summed E-state index contributed by atoms with van der Waals surface area (Å²) in [5.74, 6) is 0. The highest BCUT2D eigenvalue weighted by Crippen LogP contribution is 2.23. The van der Waals surface area contributed by atoms with E-state index in [1.165, 1.54) is 15.9 Å². The van der Waals surface area contributed by atoms with Gasteiger partial charge in [-0.2, -0.15) is 4.31 Å². The third-order valence-electron chi connectivity index (χ3n) is 4.07. The maximum atomic E-state index is 12.7. The molecule has 0 aliphatic carbocycles. The van der Waals surface area contributed by atoms with Crippen LogP contribution in [-0.4, -0.2) is 38.9 Å². The predicted molar refractivity (Wildman–Crippen MR) is 93.6 cm³/mol. The summed E-state index contributed by atoms with van der Waals surface area (Å²) in [6.07, 6.45) is 0. The molecule has 0 radical (unpaired) electrons. The largest absolute Gasteiger partial charge is 0.369 e. The molecule has 6 heteroatoms. The Balaban J connectivity index is 1.72. The Hall–Kier alpha value is -1.56. The van der Waals surface area contributed by atoms with Gasteiger partial charge in [0, 0.05) is 36.9 Å². The molecule has 0 saturated carbocycles. The summed E-state index contributed by atoms with van der Waals surface area (Å²) < 4.78 is 26.9. The quantitative estimate of drug-likeness (QED) is 0.853. The van der Waals surface area contributed by atoms with Crippen molar-refractivity contribution in [3.8, 4) is 0 Å². The van der Waals surface area contributed by atoms with Crippen LogP contribution in [0.15, 0.2) is 53.4 Å². The molecule has 0 unspecified atom stereocenters. The Morgan fingerprint density at radius 3 is 2.22 bits per heavy atom. The highest BCUT2D eigenvalue weighted by atomic mass is 35.5. The molecule has 3 rings (SSSR count). The zero-order chi connectivity index (χ0) is 16.4. The first kappa shape index (κ1) is 16.3. The Morgan fingerprint density at radius 2 is 1.61 bits per heavy atom. The molecule has 1 aliphatic heterocycles. The van der Waals surface area contributed by atoms with Crippen LogP contribution in [0.25, 0.3) is 0 Å². The zero-order valence-electron chi connectivity index (χ0n) is 12.9. The minimum absolute atomic E-state index is 0.258. The second-order valence-corrected chi connectivity index (χ2v) is 8.06. The van der Waals surface area contributed by atoms with Gasteiger partial charge in [0.25, 0.3) is 0 Å². The molecule has 1 fully saturated rings. The van der Waals surface area contributed by atoms with E-state index in [1.54, 1.807) is 18.2 Å². The van der Waals surface area contributed by atoms with Crippen LogP contribution in [-0.2, 0) is 10.0 Å². The number of piperazine rings is 1. The zero-order valence-corrected chi connectivity index (χ0v) is 14.5. The second-order valence-electron chi connectivity index (χ2n) is 5.68. The van der Waals surface area contributed by atoms with Crippen LogP contribution in [0.1, 0.15) is 5.56 Å². The molecule has 1 saturated heterocycles. The maximum absolute atomic E-state index is 12.7. The highest BCUT2D eigenvalue weighted by molar-refractivity contribution is 7.89. The topological polar surface area (TPSA) is 40.6 Å². The molecule has 0 aromatic heterocycles. The third kappa shape index (κ3) is 3.52. The highest BCUT2D eigenvalue weighted by Gasteiger charge is 2.28. The van der Waals surface area contributed by atoms with Gasteiger partial charge in [0.2, 0.25) is 10.0 Å². The molecule has 0 atom stereocenters. The molecule has 4 nitrogen and oxygen atoms in total. The van der Waals surface area contributed by atoms with Crippen LogP contribution >= 0.6 is 11.6 Å². The van der Waals surface area contributed by atoms with E-state index in [0.717, 1.165) is 5.69 Å². The summed E-state index contributed by atoms with van der Waals surface area (Å²) in [4.78, 5) is 2.47. The van der Waals surface area contributed by atoms with Crippen molar-refractivity contribution in [1.82, 2.24) is 4.31 Å². The van der Waals surface area contributed by atoms with Crippen molar-refractivity contribution < 1.29 is 8.42 Å². The number of rotatable bonds is 3. The SMILES string of the molecule is Cc1ccc(N2CCN(S(=O)(=O)c3cccc(Cl)c3)CC2)cc1. The lowest BCUT2D eigenvalue weighted by Crippen LogP contribution is -2.48. The molecule has 1 aliphatic rings. The van der Waals surface area contributed by atoms with Crippen molar-refractivity contribution in [1.29, 1.82) is 0 Å². The van der Waals surface area contributed by atoms with Gasteiger partial charge in [-0.1, -0.05) is 35.4 Å². The minimum Gasteiger partial charge on any atom is -0.369 e. The van der Waals surface area contributed by atoms with Gasteiger partial charge in [0.1, 0.15) is 0 Å². The molecule has 2 aromatic carbocycles. The van der Waals surface area contributed by atoms with Gasteiger partial charge in [0.05, 0.1) is 4.90 Å². The van der Waals surface area contributed by atoms with Gasteiger partial charge in [-0.3, -0.25) is 0 Å². The fraction of sp³-hybridized carbons (Fsp3) is 0.294. The molecular formula is C17H19ClN2O2S. The predicted octanol–water partition coefficient (Wildman–Crippen LogP) is 3.16. The summed E-state index contributed by atoms with van der Waals surface area (Å²) in [6, 6.07) is 14.7. The Labute approximate surface area is 142 Å². The van der Waals surface area contributed by atoms with E-state index >= 15 is 0 Å². The van der Waals surface area contributed by atoms with Crippen LogP contribution in [0, 0.1) is 6.92 Å². The number of sulfonamides is 1. The molecule has 0 spiro atoms. The average Bonchev–Trinajstić information content (AvgIpc) is 2.56. The molecule has 0 N–H and O–H groups in total. The molecule has 2 aromatic rings. The fourth-order valence-electron chi connectivity index (χ4n) is 2.72. The van der Waals surface area contributed by atoms with Gasteiger partial charge in [-0.15, -0.1) is 0 Å². The number of nitrogens with zero attached hydrogens (tertiary/aromatic N) is 2. The molecule has 122 valence electrons. The molecule has 1 heterocycles. The lowest BCUT2D eigenvalue weighted by atomic mass is 10.2. The van der Waals surface area contributed by atoms with Crippen LogP contribution in [0.2, 0.25) is 5.02 Å². The average molecular weight is 351 g/mol. The van der Waals surface area contributed by atoms with Gasteiger partial charge in [-0.05, 0) is 37.3 Å². The molecule has 23 heavy (non-hydrogen) atoms. The fourth-order valence-corrected chi connectivity index (χ4v) is 4.44. The molecular weight excluding hydrogens is 332 g/mol. The minimum atomic E-state index is -3.47. The first-order valence-electron chi connectivity index (χ1n) is 7.54. The lowest BCUT2D eigenvalue weighted by Gasteiger charge is -2.35. The van der Waals surface area contributed by atoms with Crippen molar-refractivity contribution >= 4 is 27.3 Å². The lowest BCUT2D eigenvalue weighted by molar-refractivity contribution is 0.385. The summed E-state index contributed by atoms with van der Waals surface area (Å²) in [5, 5.41) is 0.435. The second kappa shape index (κ2) is 6.51. The monoisotopic (exact) mass is 350 g/mol. The van der Waals surface area contributed by atoms with Crippen LogP contribution < -0.4 is 4.90 Å². The van der Waals surface area contributed by atoms with Gasteiger partial charge < -0.3 is 4.90 Å². The van der Waals surface area contributed by atoms with E-state index in [2.05, 4.69) is 36.1 Å². The maximum Gasteiger partial charge on any atom is 0.243 e. The summed E-state index contributed by atoms with van der Waals surface area (Å²) in [7, 11) is -3.47. The Morgan fingerprint density at radius 1 is 0.957 bits per heavy atom. The van der Waals surface area contributed by atoms with Gasteiger partial charge in [0.15, 0.2) is 0 Å². The number of hydrogen-bond acceptors (Lipinski definition) is 3. The Kier molecular flexibility index (Phi) is 4.62.